The quantitative estimate of drug-likeness (QED) is 0.769. The summed E-state index contributed by atoms with van der Waals surface area (Å²) in [6.45, 7) is 1.27. The van der Waals surface area contributed by atoms with Crippen LogP contribution >= 0.6 is 0 Å². The fraction of sp³-hybridized carbons (Fsp3) is 0.438. The van der Waals surface area contributed by atoms with Gasteiger partial charge in [-0.1, -0.05) is 0 Å². The van der Waals surface area contributed by atoms with Gasteiger partial charge in [0.2, 0.25) is 0 Å². The van der Waals surface area contributed by atoms with Crippen LogP contribution in [0.25, 0.3) is 0 Å². The topological polar surface area (TPSA) is 113 Å². The van der Waals surface area contributed by atoms with Gasteiger partial charge in [0.15, 0.2) is 0 Å². The average Bonchev–Trinajstić information content (AvgIpc) is 2.53. The van der Waals surface area contributed by atoms with Gasteiger partial charge in [0.25, 0.3) is 5.91 Å². The molecule has 1 aromatic rings. The van der Waals surface area contributed by atoms with E-state index in [0.717, 1.165) is 12.8 Å². The van der Waals surface area contributed by atoms with Gasteiger partial charge in [-0.05, 0) is 49.4 Å². The van der Waals surface area contributed by atoms with Crippen LogP contribution in [0.15, 0.2) is 24.3 Å². The molecule has 23 heavy (non-hydrogen) atoms. The second kappa shape index (κ2) is 7.62. The highest BCUT2D eigenvalue weighted by Crippen LogP contribution is 2.23. The van der Waals surface area contributed by atoms with Crippen LogP contribution in [0.5, 0.6) is 0 Å². The average molecular weight is 319 g/mol. The molecule has 3 amide bonds. The Hall–Kier alpha value is -2.57. The number of urea groups is 1. The lowest BCUT2D eigenvalue weighted by molar-refractivity contribution is -0.137. The smallest absolute Gasteiger partial charge is 0.316 e. The fourth-order valence-corrected chi connectivity index (χ4v) is 2.83. The molecule has 2 rings (SSSR count). The highest BCUT2D eigenvalue weighted by molar-refractivity contribution is 5.95. The van der Waals surface area contributed by atoms with Gasteiger partial charge in [0.05, 0.1) is 0 Å². The van der Waals surface area contributed by atoms with Crippen LogP contribution in [0, 0.1) is 5.92 Å². The monoisotopic (exact) mass is 319 g/mol. The molecule has 1 fully saturated rings. The normalized spacial score (nSPS) is 17.6. The molecule has 1 unspecified atom stereocenters. The summed E-state index contributed by atoms with van der Waals surface area (Å²) in [5.74, 6) is -0.638. The third kappa shape index (κ3) is 4.98. The van der Waals surface area contributed by atoms with E-state index < -0.39 is 12.0 Å². The summed E-state index contributed by atoms with van der Waals surface area (Å²) in [6.07, 6.45) is 2.58. The molecule has 0 radical (unpaired) electrons. The SMILES string of the molecule is NC(=O)Nc1ccc(C(=O)N2CCCC(CCC(=O)O)C2)cc1. The summed E-state index contributed by atoms with van der Waals surface area (Å²) < 4.78 is 0. The minimum Gasteiger partial charge on any atom is -0.481 e. The minimum atomic E-state index is -0.800. The second-order valence-electron chi connectivity index (χ2n) is 5.76. The van der Waals surface area contributed by atoms with Crippen LogP contribution in [0.3, 0.4) is 0 Å². The molecule has 1 atom stereocenters. The van der Waals surface area contributed by atoms with Crippen LogP contribution in [0.1, 0.15) is 36.0 Å². The van der Waals surface area contributed by atoms with Gasteiger partial charge in [0, 0.05) is 30.8 Å². The van der Waals surface area contributed by atoms with Crippen molar-refractivity contribution in [1.29, 1.82) is 0 Å². The van der Waals surface area contributed by atoms with Gasteiger partial charge in [-0.15, -0.1) is 0 Å². The Balaban J connectivity index is 1.96. The van der Waals surface area contributed by atoms with Crippen molar-refractivity contribution in [3.63, 3.8) is 0 Å². The molecule has 1 saturated heterocycles. The fourth-order valence-electron chi connectivity index (χ4n) is 2.83. The summed E-state index contributed by atoms with van der Waals surface area (Å²) in [4.78, 5) is 35.7. The first kappa shape index (κ1) is 16.8. The lowest BCUT2D eigenvalue weighted by Gasteiger charge is -2.32. The molecule has 0 aliphatic carbocycles. The molecule has 0 aromatic heterocycles. The Bertz CT molecular complexity index is 585. The number of nitrogens with two attached hydrogens (primary N) is 1. The molecule has 7 heteroatoms. The first-order chi connectivity index (χ1) is 11.0. The third-order valence-electron chi connectivity index (χ3n) is 3.97. The van der Waals surface area contributed by atoms with Crippen molar-refractivity contribution in [3.05, 3.63) is 29.8 Å². The van der Waals surface area contributed by atoms with Crippen LogP contribution in [0.2, 0.25) is 0 Å². The lowest BCUT2D eigenvalue weighted by Crippen LogP contribution is -2.40. The van der Waals surface area contributed by atoms with E-state index in [0.29, 0.717) is 30.8 Å². The molecule has 1 aromatic carbocycles. The maximum atomic E-state index is 12.5. The predicted octanol–water partition coefficient (Wildman–Crippen LogP) is 1.89. The number of piperidine rings is 1. The Morgan fingerprint density at radius 3 is 2.57 bits per heavy atom. The van der Waals surface area contributed by atoms with Crippen LogP contribution in [0.4, 0.5) is 10.5 Å². The number of amides is 3. The number of primary amides is 1. The molecular weight excluding hydrogens is 298 g/mol. The third-order valence-corrected chi connectivity index (χ3v) is 3.97. The molecular formula is C16H21N3O4. The van der Waals surface area contributed by atoms with Gasteiger partial charge in [-0.3, -0.25) is 9.59 Å². The van der Waals surface area contributed by atoms with Gasteiger partial charge < -0.3 is 21.1 Å². The number of carboxylic acid groups (broad SMARTS) is 1. The molecule has 4 N–H and O–H groups in total. The molecule has 0 spiro atoms. The van der Waals surface area contributed by atoms with Crippen molar-refractivity contribution >= 4 is 23.6 Å². The molecule has 1 aliphatic heterocycles. The number of likely N-dealkylation sites (tertiary alicyclic amines) is 1. The van der Waals surface area contributed by atoms with Crippen molar-refractivity contribution in [1.82, 2.24) is 4.90 Å². The first-order valence-corrected chi connectivity index (χ1v) is 7.63. The highest BCUT2D eigenvalue weighted by Gasteiger charge is 2.24. The zero-order chi connectivity index (χ0) is 16.8. The molecule has 7 nitrogen and oxygen atoms in total. The first-order valence-electron chi connectivity index (χ1n) is 7.63. The number of carboxylic acids is 1. The zero-order valence-corrected chi connectivity index (χ0v) is 12.8. The molecule has 0 bridgehead atoms. The number of anilines is 1. The number of nitrogens with zero attached hydrogens (tertiary/aromatic N) is 1. The van der Waals surface area contributed by atoms with Gasteiger partial charge in [-0.2, -0.15) is 0 Å². The number of benzene rings is 1. The summed E-state index contributed by atoms with van der Waals surface area (Å²) >= 11 is 0. The molecule has 124 valence electrons. The van der Waals surface area contributed by atoms with Crippen molar-refractivity contribution in [2.45, 2.75) is 25.7 Å². The van der Waals surface area contributed by atoms with E-state index in [2.05, 4.69) is 5.32 Å². The van der Waals surface area contributed by atoms with E-state index in [-0.39, 0.29) is 18.2 Å². The zero-order valence-electron chi connectivity index (χ0n) is 12.8. The van der Waals surface area contributed by atoms with Gasteiger partial charge >= 0.3 is 12.0 Å². The van der Waals surface area contributed by atoms with E-state index in [1.807, 2.05) is 0 Å². The Kier molecular flexibility index (Phi) is 5.56. The number of carbonyl (C=O) groups excluding carboxylic acids is 2. The standard InChI is InChI=1S/C16H21N3O4/c17-16(23)18-13-6-4-12(5-7-13)15(22)19-9-1-2-11(10-19)3-8-14(20)21/h4-7,11H,1-3,8-10H2,(H,20,21)(H3,17,18,23). The van der Waals surface area contributed by atoms with Gasteiger partial charge in [0.1, 0.15) is 0 Å². The van der Waals surface area contributed by atoms with Crippen molar-refractivity contribution in [2.24, 2.45) is 11.7 Å². The van der Waals surface area contributed by atoms with E-state index in [4.69, 9.17) is 10.8 Å². The number of nitrogens with one attached hydrogen (secondary N) is 1. The largest absolute Gasteiger partial charge is 0.481 e. The summed E-state index contributed by atoms with van der Waals surface area (Å²) in [6, 6.07) is 5.90. The number of carbonyl (C=O) groups is 3. The summed E-state index contributed by atoms with van der Waals surface area (Å²) in [7, 11) is 0. The molecule has 1 heterocycles. The van der Waals surface area contributed by atoms with E-state index in [1.54, 1.807) is 29.2 Å². The molecule has 1 aliphatic rings. The number of hydrogen-bond donors (Lipinski definition) is 3. The maximum Gasteiger partial charge on any atom is 0.316 e. The number of rotatable bonds is 5. The van der Waals surface area contributed by atoms with Crippen molar-refractivity contribution in [2.75, 3.05) is 18.4 Å². The number of aliphatic carboxylic acids is 1. The Labute approximate surface area is 134 Å². The highest BCUT2D eigenvalue weighted by atomic mass is 16.4. The summed E-state index contributed by atoms with van der Waals surface area (Å²) in [5.41, 5.74) is 6.11. The second-order valence-corrected chi connectivity index (χ2v) is 5.76. The Morgan fingerprint density at radius 2 is 1.96 bits per heavy atom. The Morgan fingerprint density at radius 1 is 1.26 bits per heavy atom. The lowest BCUT2D eigenvalue weighted by atomic mass is 9.93. The molecule has 0 saturated carbocycles. The van der Waals surface area contributed by atoms with E-state index in [1.165, 1.54) is 0 Å². The van der Waals surface area contributed by atoms with Crippen molar-refractivity contribution < 1.29 is 19.5 Å². The number of hydrogen-bond acceptors (Lipinski definition) is 3. The summed E-state index contributed by atoms with van der Waals surface area (Å²) in [5, 5.41) is 11.2. The van der Waals surface area contributed by atoms with Crippen LogP contribution in [-0.2, 0) is 4.79 Å². The van der Waals surface area contributed by atoms with Gasteiger partial charge in [-0.25, -0.2) is 4.79 Å². The van der Waals surface area contributed by atoms with Crippen LogP contribution in [-0.4, -0.2) is 41.0 Å². The maximum absolute atomic E-state index is 12.5. The van der Waals surface area contributed by atoms with Crippen LogP contribution < -0.4 is 11.1 Å². The predicted molar refractivity (Wildman–Crippen MR) is 85.1 cm³/mol. The van der Waals surface area contributed by atoms with E-state index >= 15 is 0 Å². The van der Waals surface area contributed by atoms with Crippen molar-refractivity contribution in [3.8, 4) is 0 Å². The van der Waals surface area contributed by atoms with E-state index in [9.17, 15) is 14.4 Å². The minimum absolute atomic E-state index is 0.0735.